The molecule has 0 aliphatic heterocycles. The first kappa shape index (κ1) is 45.7. The van der Waals surface area contributed by atoms with Crippen molar-refractivity contribution in [2.75, 3.05) is 0 Å². The number of ketones is 2. The molecule has 0 spiro atoms. The Kier molecular flexibility index (Phi) is 12.9. The molecule has 2 aliphatic rings. The fourth-order valence-corrected chi connectivity index (χ4v) is 7.63. The summed E-state index contributed by atoms with van der Waals surface area (Å²) in [6.45, 7) is 26.8. The van der Waals surface area contributed by atoms with E-state index in [0.29, 0.717) is 16.4 Å². The Bertz CT molecular complexity index is 2410. The number of carbonyl (C=O) groups excluding carboxylic acids is 2. The van der Waals surface area contributed by atoms with Crippen molar-refractivity contribution in [2.45, 2.75) is 90.0 Å². The summed E-state index contributed by atoms with van der Waals surface area (Å²) in [7, 11) is 0. The largest absolute Gasteiger partial charge is 0.289 e. The van der Waals surface area contributed by atoms with Crippen LogP contribution < -0.4 is 0 Å². The summed E-state index contributed by atoms with van der Waals surface area (Å²) in [5.74, 6) is 0.166. The molecular weight excluding hydrogens is 784 g/mol. The molecule has 0 saturated heterocycles. The molecule has 0 radical (unpaired) electrons. The van der Waals surface area contributed by atoms with Crippen LogP contribution in [0.2, 0.25) is 5.02 Å². The average molecular weight is 844 g/mol. The van der Waals surface area contributed by atoms with Crippen LogP contribution in [0, 0.1) is 28.6 Å². The van der Waals surface area contributed by atoms with Gasteiger partial charge in [-0.2, -0.15) is 20.5 Å². The Labute approximate surface area is 373 Å². The summed E-state index contributed by atoms with van der Waals surface area (Å²) >= 11 is 6.39. The lowest BCUT2D eigenvalue weighted by Crippen LogP contribution is -2.27. The first-order valence-corrected chi connectivity index (χ1v) is 21.6. The van der Waals surface area contributed by atoms with Gasteiger partial charge in [0.25, 0.3) is 0 Å². The Morgan fingerprint density at radius 3 is 1.08 bits per heavy atom. The number of nitrogens with zero attached hydrogens (tertiary/aromatic N) is 4. The zero-order chi connectivity index (χ0) is 45.4. The lowest BCUT2D eigenvalue weighted by atomic mass is 9.72. The Morgan fingerprint density at radius 2 is 0.758 bits per heavy atom. The highest BCUT2D eigenvalue weighted by Crippen LogP contribution is 2.44. The Balaban J connectivity index is 1.44. The lowest BCUT2D eigenvalue weighted by molar-refractivity contribution is -0.114. The van der Waals surface area contributed by atoms with Gasteiger partial charge >= 0.3 is 0 Å². The molecular formula is C55H59ClN4O2. The zero-order valence-electron chi connectivity index (χ0n) is 38.5. The predicted octanol–water partition coefficient (Wildman–Crippen LogP) is 16.6. The number of allylic oxidation sites excluding steroid dienone is 10. The van der Waals surface area contributed by atoms with Crippen molar-refractivity contribution in [3.8, 4) is 33.4 Å². The van der Waals surface area contributed by atoms with Crippen molar-refractivity contribution in [1.82, 2.24) is 0 Å². The third-order valence-corrected chi connectivity index (χ3v) is 11.3. The average Bonchev–Trinajstić information content (AvgIpc) is 3.18. The molecule has 7 heteroatoms. The lowest BCUT2D eigenvalue weighted by Gasteiger charge is -2.31. The fraction of sp³-hybridized carbons (Fsp3) is 0.309. The SMILES string of the molecule is Cc1ccc(-c2cc(/N=N/C=C3C=C(C(C)(C)C)C(=O)C(C(C)(C)C)=C3)ccc2-c2ccc(/N=N/C=C3C=C(C(C)(C)C)C(=O)C(C(C)(C)C)=C3)cc2-c2ccc(Cl)cc2)cc1. The van der Waals surface area contributed by atoms with Crippen LogP contribution in [0.15, 0.2) is 176 Å². The second-order valence-electron chi connectivity index (χ2n) is 20.4. The maximum atomic E-state index is 13.5. The molecule has 0 amide bonds. The molecule has 0 bridgehead atoms. The third-order valence-electron chi connectivity index (χ3n) is 11.0. The summed E-state index contributed by atoms with van der Waals surface area (Å²) < 4.78 is 0. The summed E-state index contributed by atoms with van der Waals surface area (Å²) in [4.78, 5) is 27.0. The van der Waals surface area contributed by atoms with Crippen LogP contribution in [0.3, 0.4) is 0 Å². The van der Waals surface area contributed by atoms with E-state index < -0.39 is 0 Å². The first-order valence-electron chi connectivity index (χ1n) is 21.2. The number of aryl methyl sites for hydroxylation is 1. The number of carbonyl (C=O) groups is 2. The van der Waals surface area contributed by atoms with Gasteiger partial charge in [-0.3, -0.25) is 9.59 Å². The van der Waals surface area contributed by atoms with Gasteiger partial charge in [0.05, 0.1) is 23.8 Å². The number of hydrogen-bond donors (Lipinski definition) is 0. The van der Waals surface area contributed by atoms with Crippen molar-refractivity contribution in [3.05, 3.63) is 166 Å². The van der Waals surface area contributed by atoms with Crippen LogP contribution in [0.1, 0.15) is 88.6 Å². The van der Waals surface area contributed by atoms with Crippen LogP contribution >= 0.6 is 11.6 Å². The molecule has 6 nitrogen and oxygen atoms in total. The van der Waals surface area contributed by atoms with Gasteiger partial charge in [-0.1, -0.05) is 149 Å². The minimum absolute atomic E-state index is 0.0816. The van der Waals surface area contributed by atoms with E-state index in [4.69, 9.17) is 11.6 Å². The maximum Gasteiger partial charge on any atom is 0.186 e. The van der Waals surface area contributed by atoms with E-state index in [1.165, 1.54) is 0 Å². The van der Waals surface area contributed by atoms with E-state index in [9.17, 15) is 9.59 Å². The van der Waals surface area contributed by atoms with Crippen LogP contribution in [-0.4, -0.2) is 11.6 Å². The van der Waals surface area contributed by atoms with Crippen molar-refractivity contribution in [3.63, 3.8) is 0 Å². The highest BCUT2D eigenvalue weighted by atomic mass is 35.5. The van der Waals surface area contributed by atoms with Gasteiger partial charge in [-0.25, -0.2) is 0 Å². The minimum atomic E-state index is -0.322. The van der Waals surface area contributed by atoms with Crippen molar-refractivity contribution in [2.24, 2.45) is 42.1 Å². The summed E-state index contributed by atoms with van der Waals surface area (Å²) in [5, 5.41) is 19.1. The number of benzene rings is 4. The monoisotopic (exact) mass is 842 g/mol. The van der Waals surface area contributed by atoms with Gasteiger partial charge < -0.3 is 0 Å². The summed E-state index contributed by atoms with van der Waals surface area (Å²) in [6.07, 6.45) is 11.2. The molecule has 0 fully saturated rings. The smallest absolute Gasteiger partial charge is 0.186 e. The number of halogens is 1. The topological polar surface area (TPSA) is 83.6 Å². The summed E-state index contributed by atoms with van der Waals surface area (Å²) in [6, 6.07) is 28.5. The molecule has 62 heavy (non-hydrogen) atoms. The maximum absolute atomic E-state index is 13.5. The van der Waals surface area contributed by atoms with Crippen molar-refractivity contribution >= 4 is 34.5 Å². The molecule has 318 valence electrons. The molecule has 2 aliphatic carbocycles. The van der Waals surface area contributed by atoms with E-state index in [-0.39, 0.29) is 33.2 Å². The van der Waals surface area contributed by atoms with Gasteiger partial charge in [0.2, 0.25) is 0 Å². The van der Waals surface area contributed by atoms with E-state index in [0.717, 1.165) is 72.4 Å². The predicted molar refractivity (Wildman–Crippen MR) is 258 cm³/mol. The molecule has 4 aromatic carbocycles. The zero-order valence-corrected chi connectivity index (χ0v) is 39.3. The molecule has 4 aromatic rings. The quantitative estimate of drug-likeness (QED) is 0.174. The first-order chi connectivity index (χ1) is 28.9. The molecule has 0 aromatic heterocycles. The molecule has 0 N–H and O–H groups in total. The number of Topliss-reactive ketones (excluding diaryl/α,β-unsaturated/α-hetero) is 2. The Morgan fingerprint density at radius 1 is 0.435 bits per heavy atom. The highest BCUT2D eigenvalue weighted by Gasteiger charge is 2.35. The second kappa shape index (κ2) is 17.5. The number of hydrogen-bond acceptors (Lipinski definition) is 6. The van der Waals surface area contributed by atoms with Crippen LogP contribution in [0.5, 0.6) is 0 Å². The van der Waals surface area contributed by atoms with Gasteiger partial charge in [-0.05, 0) is 134 Å². The van der Waals surface area contributed by atoms with Gasteiger partial charge in [-0.15, -0.1) is 0 Å². The van der Waals surface area contributed by atoms with Crippen molar-refractivity contribution < 1.29 is 9.59 Å². The molecule has 0 atom stereocenters. The highest BCUT2D eigenvalue weighted by molar-refractivity contribution is 6.30. The molecule has 0 heterocycles. The number of azo groups is 2. The molecule has 0 unspecified atom stereocenters. The van der Waals surface area contributed by atoms with Gasteiger partial charge in [0, 0.05) is 27.3 Å². The van der Waals surface area contributed by atoms with E-state index in [2.05, 4.69) is 153 Å². The van der Waals surface area contributed by atoms with E-state index in [1.807, 2.05) is 66.8 Å². The normalized spacial score (nSPS) is 15.5. The van der Waals surface area contributed by atoms with Gasteiger partial charge in [0.1, 0.15) is 0 Å². The van der Waals surface area contributed by atoms with Crippen LogP contribution in [-0.2, 0) is 9.59 Å². The molecule has 6 rings (SSSR count). The van der Waals surface area contributed by atoms with Crippen LogP contribution in [0.4, 0.5) is 11.4 Å². The fourth-order valence-electron chi connectivity index (χ4n) is 7.50. The molecule has 0 saturated carbocycles. The van der Waals surface area contributed by atoms with E-state index >= 15 is 0 Å². The van der Waals surface area contributed by atoms with Crippen molar-refractivity contribution in [1.29, 1.82) is 0 Å². The Hall–Kier alpha value is -5.85. The third kappa shape index (κ3) is 10.6. The second-order valence-corrected chi connectivity index (χ2v) is 20.8. The number of rotatable bonds is 7. The van der Waals surface area contributed by atoms with E-state index in [1.54, 1.807) is 12.4 Å². The van der Waals surface area contributed by atoms with Gasteiger partial charge in [0.15, 0.2) is 11.6 Å². The minimum Gasteiger partial charge on any atom is -0.289 e. The summed E-state index contributed by atoms with van der Waals surface area (Å²) in [5.41, 5.74) is 11.9. The van der Waals surface area contributed by atoms with Crippen LogP contribution in [0.25, 0.3) is 33.4 Å². The standard InChI is InChI=1S/C55H59ClN4O2/c1-34-14-16-37(17-15-34)44-30-40(59-57-32-35-26-46(52(2,3)4)50(61)47(27-35)53(5,6)7)22-24-42(44)43-25-23-41(31-45(43)38-18-20-39(56)21-19-38)60-58-33-36-28-48(54(8,9)10)51(62)49(29-36)55(11,12)13/h14-33H,1-13H3/b59-57+,60-58+.